The molecule has 1 aliphatic heterocycles. The zero-order chi connectivity index (χ0) is 21.4. The van der Waals surface area contributed by atoms with Crippen LogP contribution in [0.5, 0.6) is 0 Å². The molecule has 4 aromatic rings. The molecule has 0 bridgehead atoms. The third kappa shape index (κ3) is 3.91. The van der Waals surface area contributed by atoms with Gasteiger partial charge in [-0.2, -0.15) is 9.61 Å². The van der Waals surface area contributed by atoms with Gasteiger partial charge < -0.3 is 15.0 Å². The van der Waals surface area contributed by atoms with Gasteiger partial charge in [0.25, 0.3) is 0 Å². The molecule has 4 heterocycles. The smallest absolute Gasteiger partial charge is 0.217 e. The number of piperazine rings is 1. The molecule has 0 saturated carbocycles. The maximum absolute atomic E-state index is 9.04. The van der Waals surface area contributed by atoms with Crippen molar-refractivity contribution in [3.8, 4) is 0 Å². The van der Waals surface area contributed by atoms with E-state index in [1.54, 1.807) is 23.6 Å². The summed E-state index contributed by atoms with van der Waals surface area (Å²) in [5.41, 5.74) is 3.75. The van der Waals surface area contributed by atoms with Gasteiger partial charge in [-0.05, 0) is 62.1 Å². The van der Waals surface area contributed by atoms with E-state index in [-0.39, 0.29) is 0 Å². The molecule has 1 aromatic carbocycles. The van der Waals surface area contributed by atoms with Crippen molar-refractivity contribution in [3.63, 3.8) is 0 Å². The van der Waals surface area contributed by atoms with Gasteiger partial charge in [-0.25, -0.2) is 0 Å². The largest absolute Gasteiger partial charge is 0.411 e. The maximum Gasteiger partial charge on any atom is 0.217 e. The molecule has 31 heavy (non-hydrogen) atoms. The first-order chi connectivity index (χ1) is 15.1. The van der Waals surface area contributed by atoms with Crippen molar-refractivity contribution in [1.82, 2.24) is 29.7 Å². The Bertz CT molecular complexity index is 1280. The van der Waals surface area contributed by atoms with Crippen LogP contribution in [-0.2, 0) is 0 Å². The van der Waals surface area contributed by atoms with Crippen LogP contribution in [0.4, 0.5) is 5.69 Å². The second-order valence-corrected chi connectivity index (χ2v) is 8.64. The lowest BCUT2D eigenvalue weighted by Crippen LogP contribution is -2.44. The fourth-order valence-corrected chi connectivity index (χ4v) is 4.42. The number of fused-ring (bicyclic) bond motifs is 2. The van der Waals surface area contributed by atoms with Crippen molar-refractivity contribution in [3.05, 3.63) is 48.3 Å². The average molecular weight is 435 g/mol. The van der Waals surface area contributed by atoms with Gasteiger partial charge in [0.1, 0.15) is 11.4 Å². The minimum Gasteiger partial charge on any atom is -0.411 e. The number of hydrogen-bond donors (Lipinski definition) is 1. The van der Waals surface area contributed by atoms with Crippen LogP contribution in [0.1, 0.15) is 12.6 Å². The van der Waals surface area contributed by atoms with E-state index in [0.717, 1.165) is 47.7 Å². The lowest BCUT2D eigenvalue weighted by molar-refractivity contribution is 0.313. The van der Waals surface area contributed by atoms with Crippen molar-refractivity contribution < 1.29 is 5.21 Å². The first kappa shape index (κ1) is 19.7. The summed E-state index contributed by atoms with van der Waals surface area (Å²) >= 11 is 1.48. The van der Waals surface area contributed by atoms with E-state index < -0.39 is 0 Å². The summed E-state index contributed by atoms with van der Waals surface area (Å²) in [5, 5.41) is 27.0. The third-order valence-electron chi connectivity index (χ3n) is 5.47. The molecule has 0 atom stereocenters. The minimum absolute atomic E-state index is 0.430. The highest BCUT2D eigenvalue weighted by Crippen LogP contribution is 2.30. The first-order valence-corrected chi connectivity index (χ1v) is 10.8. The molecule has 0 aliphatic carbocycles. The SMILES string of the molecule is C/C(=N/O)c1ccc2nnc(Sc3ccc4ncc(N5CCN(C)CC5)cc4c3)n2n1. The Morgan fingerprint density at radius 2 is 1.90 bits per heavy atom. The molecule has 9 nitrogen and oxygen atoms in total. The molecule has 3 aromatic heterocycles. The molecule has 0 unspecified atom stereocenters. The standard InChI is InChI=1S/C21H22N8OS/c1-14(26-30)18-5-6-20-23-24-21(29(20)25-18)31-17-3-4-19-15(12-17)11-16(13-22-19)28-9-7-27(2)8-10-28/h3-6,11-13,30H,7-10H2,1-2H3/b26-14-. The van der Waals surface area contributed by atoms with Crippen LogP contribution < -0.4 is 4.90 Å². The predicted octanol–water partition coefficient (Wildman–Crippen LogP) is 2.77. The van der Waals surface area contributed by atoms with Gasteiger partial charge in [-0.15, -0.1) is 10.2 Å². The molecule has 1 N–H and O–H groups in total. The van der Waals surface area contributed by atoms with Crippen LogP contribution in [0.3, 0.4) is 0 Å². The molecule has 1 aliphatic rings. The highest BCUT2D eigenvalue weighted by atomic mass is 32.2. The van der Waals surface area contributed by atoms with Crippen molar-refractivity contribution in [2.45, 2.75) is 17.0 Å². The van der Waals surface area contributed by atoms with E-state index in [0.29, 0.717) is 22.2 Å². The number of nitrogens with zero attached hydrogens (tertiary/aromatic N) is 8. The molecular weight excluding hydrogens is 412 g/mol. The molecule has 0 amide bonds. The summed E-state index contributed by atoms with van der Waals surface area (Å²) in [7, 11) is 2.16. The van der Waals surface area contributed by atoms with Crippen LogP contribution in [-0.4, -0.2) is 73.8 Å². The van der Waals surface area contributed by atoms with Gasteiger partial charge in [0.2, 0.25) is 5.16 Å². The Hall–Kier alpha value is -3.24. The zero-order valence-electron chi connectivity index (χ0n) is 17.3. The molecule has 0 radical (unpaired) electrons. The fourth-order valence-electron chi connectivity index (χ4n) is 3.58. The van der Waals surface area contributed by atoms with E-state index in [1.807, 2.05) is 18.3 Å². The predicted molar refractivity (Wildman–Crippen MR) is 120 cm³/mol. The Labute approximate surface area is 183 Å². The lowest BCUT2D eigenvalue weighted by Gasteiger charge is -2.33. The van der Waals surface area contributed by atoms with Crippen molar-refractivity contribution >= 4 is 39.7 Å². The average Bonchev–Trinajstić information content (AvgIpc) is 3.20. The van der Waals surface area contributed by atoms with Gasteiger partial charge in [0.05, 0.1) is 17.4 Å². The van der Waals surface area contributed by atoms with Gasteiger partial charge in [-0.1, -0.05) is 5.16 Å². The quantitative estimate of drug-likeness (QED) is 0.298. The van der Waals surface area contributed by atoms with Gasteiger partial charge >= 0.3 is 0 Å². The number of likely N-dealkylation sites (N-methyl/N-ethyl adjacent to an activating group) is 1. The molecule has 0 spiro atoms. The van der Waals surface area contributed by atoms with E-state index in [2.05, 4.69) is 54.4 Å². The number of aromatic nitrogens is 5. The summed E-state index contributed by atoms with van der Waals surface area (Å²) in [6.07, 6.45) is 1.96. The lowest BCUT2D eigenvalue weighted by atomic mass is 10.2. The number of oxime groups is 1. The molecule has 1 fully saturated rings. The second-order valence-electron chi connectivity index (χ2n) is 7.60. The normalized spacial score (nSPS) is 15.8. The van der Waals surface area contributed by atoms with E-state index >= 15 is 0 Å². The summed E-state index contributed by atoms with van der Waals surface area (Å²) in [6.45, 7) is 5.83. The maximum atomic E-state index is 9.04. The van der Waals surface area contributed by atoms with Gasteiger partial charge in [-0.3, -0.25) is 4.98 Å². The summed E-state index contributed by atoms with van der Waals surface area (Å²) in [4.78, 5) is 10.4. The summed E-state index contributed by atoms with van der Waals surface area (Å²) in [5.74, 6) is 0. The molecule has 1 saturated heterocycles. The molecule has 10 heteroatoms. The fraction of sp³-hybridized carbons (Fsp3) is 0.286. The highest BCUT2D eigenvalue weighted by molar-refractivity contribution is 7.99. The van der Waals surface area contributed by atoms with Crippen LogP contribution in [0.15, 0.2) is 57.8 Å². The molecular formula is C21H22N8OS. The zero-order valence-corrected chi connectivity index (χ0v) is 18.1. The van der Waals surface area contributed by atoms with Crippen molar-refractivity contribution in [2.75, 3.05) is 38.1 Å². The number of pyridine rings is 1. The second kappa shape index (κ2) is 8.12. The third-order valence-corrected chi connectivity index (χ3v) is 6.40. The van der Waals surface area contributed by atoms with E-state index in [9.17, 15) is 0 Å². The molecule has 158 valence electrons. The van der Waals surface area contributed by atoms with Crippen LogP contribution >= 0.6 is 11.8 Å². The van der Waals surface area contributed by atoms with Crippen molar-refractivity contribution in [2.24, 2.45) is 5.16 Å². The Morgan fingerprint density at radius 3 is 2.71 bits per heavy atom. The van der Waals surface area contributed by atoms with Crippen molar-refractivity contribution in [1.29, 1.82) is 0 Å². The van der Waals surface area contributed by atoms with Crippen LogP contribution in [0.2, 0.25) is 0 Å². The Balaban J connectivity index is 1.45. The molecule has 5 rings (SSSR count). The van der Waals surface area contributed by atoms with Crippen LogP contribution in [0, 0.1) is 0 Å². The van der Waals surface area contributed by atoms with E-state index in [1.165, 1.54) is 11.8 Å². The Morgan fingerprint density at radius 1 is 1.06 bits per heavy atom. The summed E-state index contributed by atoms with van der Waals surface area (Å²) < 4.78 is 1.66. The van der Waals surface area contributed by atoms with Gasteiger partial charge in [0.15, 0.2) is 5.65 Å². The topological polar surface area (TPSA) is 95.0 Å². The first-order valence-electron chi connectivity index (χ1n) is 10.0. The number of benzene rings is 1. The Kier molecular flexibility index (Phi) is 5.16. The monoisotopic (exact) mass is 434 g/mol. The highest BCUT2D eigenvalue weighted by Gasteiger charge is 2.16. The number of hydrogen-bond acceptors (Lipinski definition) is 9. The number of anilines is 1. The van der Waals surface area contributed by atoms with E-state index in [4.69, 9.17) is 5.21 Å². The van der Waals surface area contributed by atoms with Gasteiger partial charge in [0, 0.05) is 36.5 Å². The number of rotatable bonds is 4. The minimum atomic E-state index is 0.430. The van der Waals surface area contributed by atoms with Crippen LogP contribution in [0.25, 0.3) is 16.6 Å². The summed E-state index contributed by atoms with van der Waals surface area (Å²) in [6, 6.07) is 11.9.